The van der Waals surface area contributed by atoms with Gasteiger partial charge in [-0.3, -0.25) is 37.3 Å². The fourth-order valence-electron chi connectivity index (χ4n) is 12.3. The molecule has 0 saturated heterocycles. The Morgan fingerprint density at radius 2 is 0.450 bits per heavy atom. The van der Waals surface area contributed by atoms with Crippen LogP contribution < -0.4 is 0 Å². The number of rotatable bonds is 78. The van der Waals surface area contributed by atoms with Gasteiger partial charge in [-0.25, -0.2) is 9.13 Å². The molecule has 6 unspecified atom stereocenters. The first-order valence-electron chi connectivity index (χ1n) is 41.9. The number of hydrogen-bond donors (Lipinski definition) is 3. The summed E-state index contributed by atoms with van der Waals surface area (Å²) in [6, 6.07) is 0. The Morgan fingerprint density at radius 3 is 0.660 bits per heavy atom. The van der Waals surface area contributed by atoms with Crippen molar-refractivity contribution in [2.45, 2.75) is 433 Å². The van der Waals surface area contributed by atoms with Crippen LogP contribution in [0.5, 0.6) is 0 Å². The van der Waals surface area contributed by atoms with Gasteiger partial charge in [-0.15, -0.1) is 0 Å². The molecule has 19 heteroatoms. The van der Waals surface area contributed by atoms with Crippen LogP contribution in [-0.4, -0.2) is 96.7 Å². The molecule has 9 atom stereocenters. The lowest BCUT2D eigenvalue weighted by atomic mass is 9.99. The van der Waals surface area contributed by atoms with Crippen molar-refractivity contribution in [1.29, 1.82) is 0 Å². The summed E-state index contributed by atoms with van der Waals surface area (Å²) in [4.78, 5) is 72.9. The zero-order chi connectivity index (χ0) is 73.8. The zero-order valence-electron chi connectivity index (χ0n) is 65.8. The number of unbranched alkanes of at least 4 members (excludes halogenated alkanes) is 40. The van der Waals surface area contributed by atoms with Crippen molar-refractivity contribution in [2.75, 3.05) is 39.6 Å². The van der Waals surface area contributed by atoms with E-state index in [-0.39, 0.29) is 25.7 Å². The highest BCUT2D eigenvalue weighted by molar-refractivity contribution is 7.47. The molecule has 0 aliphatic rings. The standard InChI is InChI=1S/C81H158O17P2/c1-9-71(5)57-49-41-33-29-25-21-17-15-13-14-16-18-23-27-31-35-45-53-61-78(83)91-67-77(98-81(86)64-56-48-40-38-44-52-60-74(8)12-4)70-96-100(89,90)94-66-75(82)65-93-99(87,88)95-69-76(68-92-79(84)62-54-46-39-37-43-51-59-73(7)11-3)97-80(85)63-55-47-36-32-28-24-20-19-22-26-30-34-42-50-58-72(6)10-2/h71-77,82H,9-70H2,1-8H3,(H,87,88)(H,89,90)/t71?,72?,73?,74?,75-,76+,77+/m0/s1. The number of carbonyl (C=O) groups excluding carboxylic acids is 4. The first-order chi connectivity index (χ1) is 48.2. The minimum Gasteiger partial charge on any atom is -0.462 e. The van der Waals surface area contributed by atoms with Crippen LogP contribution in [0, 0.1) is 23.7 Å². The number of aliphatic hydroxyl groups is 1. The molecule has 0 aliphatic heterocycles. The van der Waals surface area contributed by atoms with Gasteiger partial charge in [0.1, 0.15) is 19.3 Å². The lowest BCUT2D eigenvalue weighted by Gasteiger charge is -2.21. The maximum Gasteiger partial charge on any atom is 0.472 e. The molecule has 17 nitrogen and oxygen atoms in total. The first kappa shape index (κ1) is 98.1. The van der Waals surface area contributed by atoms with Crippen LogP contribution in [0.4, 0.5) is 0 Å². The summed E-state index contributed by atoms with van der Waals surface area (Å²) in [6.45, 7) is 14.3. The number of esters is 4. The van der Waals surface area contributed by atoms with Gasteiger partial charge in [0.05, 0.1) is 26.4 Å². The second-order valence-corrected chi connectivity index (χ2v) is 33.0. The van der Waals surface area contributed by atoms with E-state index in [1.54, 1.807) is 0 Å². The van der Waals surface area contributed by atoms with Crippen molar-refractivity contribution in [2.24, 2.45) is 23.7 Å². The summed E-state index contributed by atoms with van der Waals surface area (Å²) in [5, 5.41) is 10.6. The van der Waals surface area contributed by atoms with E-state index >= 15 is 0 Å². The van der Waals surface area contributed by atoms with Crippen LogP contribution in [-0.2, 0) is 65.4 Å². The number of aliphatic hydroxyl groups excluding tert-OH is 1. The highest BCUT2D eigenvalue weighted by Gasteiger charge is 2.30. The van der Waals surface area contributed by atoms with Gasteiger partial charge in [-0.05, 0) is 49.4 Å². The normalized spacial score (nSPS) is 15.1. The van der Waals surface area contributed by atoms with E-state index < -0.39 is 97.5 Å². The fourth-order valence-corrected chi connectivity index (χ4v) is 13.9. The van der Waals surface area contributed by atoms with Gasteiger partial charge in [0.2, 0.25) is 0 Å². The Bertz CT molecular complexity index is 1960. The van der Waals surface area contributed by atoms with Crippen molar-refractivity contribution >= 4 is 39.5 Å². The summed E-state index contributed by atoms with van der Waals surface area (Å²) in [5.41, 5.74) is 0. The summed E-state index contributed by atoms with van der Waals surface area (Å²) in [5.74, 6) is 1.05. The smallest absolute Gasteiger partial charge is 0.462 e. The highest BCUT2D eigenvalue weighted by atomic mass is 31.2. The molecule has 0 aromatic heterocycles. The van der Waals surface area contributed by atoms with Gasteiger partial charge in [-0.1, -0.05) is 364 Å². The molecule has 0 saturated carbocycles. The third-order valence-corrected chi connectivity index (χ3v) is 22.2. The van der Waals surface area contributed by atoms with Crippen molar-refractivity contribution in [3.05, 3.63) is 0 Å². The molecule has 0 fully saturated rings. The minimum absolute atomic E-state index is 0.103. The molecular weight excluding hydrogens is 1310 g/mol. The lowest BCUT2D eigenvalue weighted by molar-refractivity contribution is -0.161. The Labute approximate surface area is 613 Å². The predicted molar refractivity (Wildman–Crippen MR) is 409 cm³/mol. The third-order valence-electron chi connectivity index (χ3n) is 20.3. The molecular formula is C81H158O17P2. The third kappa shape index (κ3) is 69.1. The molecule has 0 amide bonds. The van der Waals surface area contributed by atoms with E-state index in [0.717, 1.165) is 120 Å². The molecule has 0 heterocycles. The fraction of sp³-hybridized carbons (Fsp3) is 0.951. The van der Waals surface area contributed by atoms with Gasteiger partial charge in [0.25, 0.3) is 0 Å². The van der Waals surface area contributed by atoms with E-state index in [4.69, 9.17) is 37.0 Å². The van der Waals surface area contributed by atoms with Crippen LogP contribution in [0.1, 0.15) is 415 Å². The van der Waals surface area contributed by atoms with Crippen LogP contribution in [0.25, 0.3) is 0 Å². The summed E-state index contributed by atoms with van der Waals surface area (Å²) in [6.07, 6.45) is 57.0. The van der Waals surface area contributed by atoms with Crippen LogP contribution in [0.3, 0.4) is 0 Å². The molecule has 0 rings (SSSR count). The Hall–Kier alpha value is -1.94. The molecule has 3 N–H and O–H groups in total. The Kier molecular flexibility index (Phi) is 68.7. The maximum absolute atomic E-state index is 13.1. The molecule has 0 aromatic rings. The number of carbonyl (C=O) groups is 4. The SMILES string of the molecule is CCC(C)CCCCCCCCCCCCCCCCCCCCC(=O)OC[C@H](COP(=O)(O)OC[C@@H](O)COP(=O)(O)OC[C@@H](COC(=O)CCCCCCCCC(C)CC)OC(=O)CCCCCCCCCCCCCCCCC(C)CC)OC(=O)CCCCCCCCC(C)CC. The van der Waals surface area contributed by atoms with Crippen LogP contribution >= 0.6 is 15.6 Å². The number of hydrogen-bond acceptors (Lipinski definition) is 15. The number of phosphoric ester groups is 2. The lowest BCUT2D eigenvalue weighted by Crippen LogP contribution is -2.30. The van der Waals surface area contributed by atoms with Gasteiger partial charge in [-0.2, -0.15) is 0 Å². The van der Waals surface area contributed by atoms with Gasteiger partial charge in [0, 0.05) is 25.7 Å². The van der Waals surface area contributed by atoms with Crippen LogP contribution in [0.2, 0.25) is 0 Å². The largest absolute Gasteiger partial charge is 0.472 e. The predicted octanol–water partition coefficient (Wildman–Crippen LogP) is 24.0. The average molecular weight is 1470 g/mol. The average Bonchev–Trinajstić information content (AvgIpc) is 1.26. The molecule has 0 spiro atoms. The van der Waals surface area contributed by atoms with E-state index in [9.17, 15) is 43.2 Å². The van der Waals surface area contributed by atoms with E-state index in [0.29, 0.717) is 25.7 Å². The minimum atomic E-state index is -4.96. The van der Waals surface area contributed by atoms with Crippen molar-refractivity contribution in [3.8, 4) is 0 Å². The summed E-state index contributed by atoms with van der Waals surface area (Å²) in [7, 11) is -9.92. The highest BCUT2D eigenvalue weighted by Crippen LogP contribution is 2.45. The number of phosphoric acid groups is 2. The molecule has 0 radical (unpaired) electrons. The van der Waals surface area contributed by atoms with E-state index in [1.807, 2.05) is 0 Å². The molecule has 594 valence electrons. The van der Waals surface area contributed by atoms with E-state index in [1.165, 1.54) is 212 Å². The van der Waals surface area contributed by atoms with Gasteiger partial charge in [0.15, 0.2) is 12.2 Å². The monoisotopic (exact) mass is 1470 g/mol. The van der Waals surface area contributed by atoms with Crippen molar-refractivity contribution < 1.29 is 80.2 Å². The molecule has 0 bridgehead atoms. The van der Waals surface area contributed by atoms with Gasteiger partial charge < -0.3 is 33.8 Å². The topological polar surface area (TPSA) is 237 Å². The zero-order valence-corrected chi connectivity index (χ0v) is 67.6. The number of ether oxygens (including phenoxy) is 4. The molecule has 0 aromatic carbocycles. The van der Waals surface area contributed by atoms with Crippen molar-refractivity contribution in [1.82, 2.24) is 0 Å². The second-order valence-electron chi connectivity index (χ2n) is 30.1. The summed E-state index contributed by atoms with van der Waals surface area (Å²) >= 11 is 0. The van der Waals surface area contributed by atoms with Gasteiger partial charge >= 0.3 is 39.5 Å². The molecule has 100 heavy (non-hydrogen) atoms. The maximum atomic E-state index is 13.1. The quantitative estimate of drug-likeness (QED) is 0.0222. The summed E-state index contributed by atoms with van der Waals surface area (Å²) < 4.78 is 68.6. The van der Waals surface area contributed by atoms with Crippen molar-refractivity contribution in [3.63, 3.8) is 0 Å². The van der Waals surface area contributed by atoms with E-state index in [2.05, 4.69) is 55.4 Å². The first-order valence-corrected chi connectivity index (χ1v) is 44.8. The Morgan fingerprint density at radius 1 is 0.270 bits per heavy atom. The second kappa shape index (κ2) is 70.1. The Balaban J connectivity index is 5.14. The molecule has 0 aliphatic carbocycles. The van der Waals surface area contributed by atoms with Crippen LogP contribution in [0.15, 0.2) is 0 Å².